The first-order chi connectivity index (χ1) is 14.5. The molecule has 0 fully saturated rings. The molecule has 2 aromatic carbocycles. The van der Waals surface area contributed by atoms with Crippen molar-refractivity contribution in [3.63, 3.8) is 0 Å². The van der Waals surface area contributed by atoms with Crippen molar-refractivity contribution in [1.82, 2.24) is 9.88 Å². The topological polar surface area (TPSA) is 54.9 Å². The molecule has 160 valence electrons. The predicted molar refractivity (Wildman–Crippen MR) is 125 cm³/mol. The molecule has 8 heteroatoms. The van der Waals surface area contributed by atoms with Gasteiger partial charge in [0.05, 0.1) is 16.8 Å². The fourth-order valence-corrected chi connectivity index (χ4v) is 4.35. The van der Waals surface area contributed by atoms with Crippen molar-refractivity contribution in [2.24, 2.45) is 0 Å². The van der Waals surface area contributed by atoms with Crippen LogP contribution in [-0.2, 0) is 4.79 Å². The molecule has 0 spiro atoms. The molecule has 0 saturated carbocycles. The van der Waals surface area contributed by atoms with Gasteiger partial charge in [0.2, 0.25) is 0 Å². The summed E-state index contributed by atoms with van der Waals surface area (Å²) in [6.07, 6.45) is 2.05. The van der Waals surface area contributed by atoms with E-state index in [9.17, 15) is 4.79 Å². The summed E-state index contributed by atoms with van der Waals surface area (Å²) in [5.41, 5.74) is 0.905. The molecule has 0 radical (unpaired) electrons. The molecule has 3 aromatic rings. The smallest absolute Gasteiger partial charge is 0.266 e. The zero-order valence-electron chi connectivity index (χ0n) is 17.8. The summed E-state index contributed by atoms with van der Waals surface area (Å²) in [4.78, 5) is 22.7. The normalized spacial score (nSPS) is 11.1. The standard InChI is InChI=1S/C22H27N3O3S2/c1-5-27-16-6-8-17(9-7-16)28-15-21(26)25(13-12-24(2)3)22-23-19-11-10-18(29-4)14-20(19)30-22/h6-11,14H,5,12-13,15H2,1-4H3. The van der Waals surface area contributed by atoms with E-state index in [4.69, 9.17) is 14.5 Å². The number of hydrogen-bond acceptors (Lipinski definition) is 7. The van der Waals surface area contributed by atoms with Crippen LogP contribution in [0.5, 0.6) is 11.5 Å². The van der Waals surface area contributed by atoms with Crippen LogP contribution in [0.3, 0.4) is 0 Å². The van der Waals surface area contributed by atoms with Crippen molar-refractivity contribution in [3.05, 3.63) is 42.5 Å². The lowest BCUT2D eigenvalue weighted by atomic mass is 10.3. The maximum absolute atomic E-state index is 13.0. The predicted octanol–water partition coefficient (Wildman–Crippen LogP) is 4.39. The van der Waals surface area contributed by atoms with Crippen LogP contribution < -0.4 is 14.4 Å². The highest BCUT2D eigenvalue weighted by molar-refractivity contribution is 7.98. The van der Waals surface area contributed by atoms with Crippen molar-refractivity contribution in [2.75, 3.05) is 51.6 Å². The number of fused-ring (bicyclic) bond motifs is 1. The molecule has 0 aliphatic heterocycles. The third-order valence-corrected chi connectivity index (χ3v) is 6.15. The molecular formula is C22H27N3O3S2. The Balaban J connectivity index is 1.74. The van der Waals surface area contributed by atoms with Crippen molar-refractivity contribution >= 4 is 44.4 Å². The average molecular weight is 446 g/mol. The summed E-state index contributed by atoms with van der Waals surface area (Å²) >= 11 is 3.23. The molecule has 3 rings (SSSR count). The molecule has 30 heavy (non-hydrogen) atoms. The maximum Gasteiger partial charge on any atom is 0.266 e. The van der Waals surface area contributed by atoms with Crippen LogP contribution in [0.25, 0.3) is 10.2 Å². The van der Waals surface area contributed by atoms with Gasteiger partial charge in [-0.2, -0.15) is 0 Å². The highest BCUT2D eigenvalue weighted by Crippen LogP contribution is 2.31. The van der Waals surface area contributed by atoms with Crippen LogP contribution in [-0.4, -0.2) is 62.4 Å². The molecule has 1 aromatic heterocycles. The van der Waals surface area contributed by atoms with E-state index in [1.165, 1.54) is 16.2 Å². The number of aromatic nitrogens is 1. The minimum Gasteiger partial charge on any atom is -0.494 e. The molecule has 0 bridgehead atoms. The van der Waals surface area contributed by atoms with E-state index in [2.05, 4.69) is 12.1 Å². The van der Waals surface area contributed by atoms with Gasteiger partial charge in [0.25, 0.3) is 5.91 Å². The zero-order valence-corrected chi connectivity index (χ0v) is 19.4. The summed E-state index contributed by atoms with van der Waals surface area (Å²) < 4.78 is 12.2. The fourth-order valence-electron chi connectivity index (χ4n) is 2.78. The first kappa shape index (κ1) is 22.4. The van der Waals surface area contributed by atoms with E-state index in [1.54, 1.807) is 16.7 Å². The number of nitrogens with zero attached hydrogens (tertiary/aromatic N) is 3. The third-order valence-electron chi connectivity index (χ3n) is 4.38. The van der Waals surface area contributed by atoms with Crippen molar-refractivity contribution < 1.29 is 14.3 Å². The van der Waals surface area contributed by atoms with E-state index < -0.39 is 0 Å². The minimum atomic E-state index is -0.116. The molecular weight excluding hydrogens is 418 g/mol. The van der Waals surface area contributed by atoms with Gasteiger partial charge in [0.1, 0.15) is 11.5 Å². The van der Waals surface area contributed by atoms with Gasteiger partial charge in [-0.05, 0) is 69.7 Å². The quantitative estimate of drug-likeness (QED) is 0.432. The lowest BCUT2D eigenvalue weighted by Gasteiger charge is -2.22. The number of thiazole rings is 1. The van der Waals surface area contributed by atoms with Gasteiger partial charge in [-0.15, -0.1) is 11.8 Å². The van der Waals surface area contributed by atoms with E-state index in [0.717, 1.165) is 22.5 Å². The van der Waals surface area contributed by atoms with Crippen molar-refractivity contribution in [3.8, 4) is 11.5 Å². The number of rotatable bonds is 10. The van der Waals surface area contributed by atoms with E-state index in [-0.39, 0.29) is 12.5 Å². The number of likely N-dealkylation sites (N-methyl/N-ethyl adjacent to an activating group) is 1. The summed E-state index contributed by atoms with van der Waals surface area (Å²) in [5.74, 6) is 1.30. The maximum atomic E-state index is 13.0. The minimum absolute atomic E-state index is 0.0482. The molecule has 6 nitrogen and oxygen atoms in total. The zero-order chi connectivity index (χ0) is 21.5. The van der Waals surface area contributed by atoms with Gasteiger partial charge < -0.3 is 14.4 Å². The van der Waals surface area contributed by atoms with E-state index in [0.29, 0.717) is 24.0 Å². The number of thioether (sulfide) groups is 1. The average Bonchev–Trinajstić information content (AvgIpc) is 3.16. The molecule has 0 aliphatic rings. The fraction of sp³-hybridized carbons (Fsp3) is 0.364. The van der Waals surface area contributed by atoms with Gasteiger partial charge in [-0.3, -0.25) is 9.69 Å². The Hall–Kier alpha value is -2.29. The van der Waals surface area contributed by atoms with Gasteiger partial charge in [0.15, 0.2) is 11.7 Å². The number of benzene rings is 2. The summed E-state index contributed by atoms with van der Waals surface area (Å²) in [7, 11) is 3.98. The first-order valence-electron chi connectivity index (χ1n) is 9.75. The Bertz CT molecular complexity index is 973. The van der Waals surface area contributed by atoms with Crippen LogP contribution in [0.15, 0.2) is 47.4 Å². The number of hydrogen-bond donors (Lipinski definition) is 0. The molecule has 0 saturated heterocycles. The Morgan fingerprint density at radius 3 is 2.40 bits per heavy atom. The van der Waals surface area contributed by atoms with Gasteiger partial charge in [0, 0.05) is 18.0 Å². The van der Waals surface area contributed by atoms with Gasteiger partial charge in [-0.1, -0.05) is 11.3 Å². The van der Waals surface area contributed by atoms with E-state index in [1.807, 2.05) is 62.5 Å². The largest absolute Gasteiger partial charge is 0.494 e. The van der Waals surface area contributed by atoms with Crippen LogP contribution in [0.4, 0.5) is 5.13 Å². The first-order valence-corrected chi connectivity index (χ1v) is 11.8. The Morgan fingerprint density at radius 2 is 1.77 bits per heavy atom. The van der Waals surface area contributed by atoms with Gasteiger partial charge in [-0.25, -0.2) is 4.98 Å². The number of carbonyl (C=O) groups excluding carboxylic acids is 1. The Morgan fingerprint density at radius 1 is 1.07 bits per heavy atom. The van der Waals surface area contributed by atoms with Crippen LogP contribution in [0.1, 0.15) is 6.92 Å². The summed E-state index contributed by atoms with van der Waals surface area (Å²) in [6.45, 7) is 3.79. The molecule has 0 aliphatic carbocycles. The molecule has 0 N–H and O–H groups in total. The SMILES string of the molecule is CCOc1ccc(OCC(=O)N(CCN(C)C)c2nc3ccc(SC)cc3s2)cc1. The Labute approximate surface area is 185 Å². The van der Waals surface area contributed by atoms with E-state index >= 15 is 0 Å². The molecule has 1 amide bonds. The van der Waals surface area contributed by atoms with Crippen LogP contribution >= 0.6 is 23.1 Å². The number of carbonyl (C=O) groups is 1. The molecule has 0 atom stereocenters. The summed E-state index contributed by atoms with van der Waals surface area (Å²) in [6, 6.07) is 13.5. The van der Waals surface area contributed by atoms with Gasteiger partial charge >= 0.3 is 0 Å². The number of amides is 1. The second-order valence-electron chi connectivity index (χ2n) is 6.87. The van der Waals surface area contributed by atoms with Crippen molar-refractivity contribution in [1.29, 1.82) is 0 Å². The molecule has 1 heterocycles. The third kappa shape index (κ3) is 5.87. The van der Waals surface area contributed by atoms with Crippen LogP contribution in [0, 0.1) is 0 Å². The second kappa shape index (κ2) is 10.7. The molecule has 0 unspecified atom stereocenters. The Kier molecular flexibility index (Phi) is 7.95. The second-order valence-corrected chi connectivity index (χ2v) is 8.76. The number of anilines is 1. The van der Waals surface area contributed by atoms with Crippen molar-refractivity contribution in [2.45, 2.75) is 11.8 Å². The monoisotopic (exact) mass is 445 g/mol. The highest BCUT2D eigenvalue weighted by atomic mass is 32.2. The van der Waals surface area contributed by atoms with Crippen LogP contribution in [0.2, 0.25) is 0 Å². The lowest BCUT2D eigenvalue weighted by Crippen LogP contribution is -2.39. The number of ether oxygens (including phenoxy) is 2. The lowest BCUT2D eigenvalue weighted by molar-refractivity contribution is -0.120. The summed E-state index contributed by atoms with van der Waals surface area (Å²) in [5, 5.41) is 0.699. The highest BCUT2D eigenvalue weighted by Gasteiger charge is 2.20.